The molecule has 2 aliphatic heterocycles. The number of pyridine rings is 1. The standard InChI is InChI=1S/C20H20FN3O2/c1-20(10-23-19(20)25)12-6-16(11-2-4-13(21)5-3-11)24-17(7-12)26-18-14-8-22-9-15(14)18/h2-7,14-15,18,22H,8-10H2,1H3,(H,23,25)/t14-,15+,18+,20?. The number of hydrogen-bond acceptors (Lipinski definition) is 4. The molecule has 4 atom stereocenters. The van der Waals surface area contributed by atoms with E-state index >= 15 is 0 Å². The lowest BCUT2D eigenvalue weighted by molar-refractivity contribution is -0.132. The Bertz CT molecular complexity index is 875. The summed E-state index contributed by atoms with van der Waals surface area (Å²) in [6.07, 6.45) is 0.197. The topological polar surface area (TPSA) is 63.2 Å². The molecule has 6 heteroatoms. The summed E-state index contributed by atoms with van der Waals surface area (Å²) in [5.74, 6) is 1.37. The Morgan fingerprint density at radius 3 is 2.54 bits per heavy atom. The molecule has 134 valence electrons. The van der Waals surface area contributed by atoms with Crippen LogP contribution in [0, 0.1) is 17.7 Å². The minimum absolute atomic E-state index is 0.00666. The van der Waals surface area contributed by atoms with Gasteiger partial charge in [0, 0.05) is 43.1 Å². The SMILES string of the molecule is CC1(c2cc(O[C@H]3[C@@H]4CNC[C@@H]43)nc(-c3ccc(F)cc3)c2)CNC1=O. The minimum Gasteiger partial charge on any atom is -0.474 e. The summed E-state index contributed by atoms with van der Waals surface area (Å²) in [7, 11) is 0. The number of ether oxygens (including phenoxy) is 1. The summed E-state index contributed by atoms with van der Waals surface area (Å²) in [6, 6.07) is 10.0. The molecule has 1 aliphatic carbocycles. The lowest BCUT2D eigenvalue weighted by atomic mass is 9.76. The first kappa shape index (κ1) is 15.8. The number of rotatable bonds is 4. The fourth-order valence-electron chi connectivity index (χ4n) is 3.99. The molecule has 26 heavy (non-hydrogen) atoms. The number of nitrogens with one attached hydrogen (secondary N) is 2. The van der Waals surface area contributed by atoms with Crippen LogP contribution in [0.25, 0.3) is 11.3 Å². The Labute approximate surface area is 151 Å². The van der Waals surface area contributed by atoms with Gasteiger partial charge in [0.25, 0.3) is 0 Å². The highest BCUT2D eigenvalue weighted by Crippen LogP contribution is 2.45. The highest BCUT2D eigenvalue weighted by Gasteiger charge is 2.55. The zero-order valence-electron chi connectivity index (χ0n) is 14.5. The molecule has 1 saturated carbocycles. The number of fused-ring (bicyclic) bond motifs is 1. The van der Waals surface area contributed by atoms with Crippen molar-refractivity contribution in [3.8, 4) is 17.1 Å². The van der Waals surface area contributed by atoms with Crippen molar-refractivity contribution in [2.75, 3.05) is 19.6 Å². The highest BCUT2D eigenvalue weighted by atomic mass is 19.1. The van der Waals surface area contributed by atoms with Gasteiger partial charge in [0.1, 0.15) is 11.9 Å². The third-order valence-corrected chi connectivity index (χ3v) is 5.95. The highest BCUT2D eigenvalue weighted by molar-refractivity contribution is 5.94. The van der Waals surface area contributed by atoms with Gasteiger partial charge in [-0.25, -0.2) is 9.37 Å². The number of β-lactam (4-membered cyclic amide) rings is 1. The van der Waals surface area contributed by atoms with E-state index in [0.717, 1.165) is 24.2 Å². The average Bonchev–Trinajstić information content (AvgIpc) is 3.06. The normalized spacial score (nSPS) is 31.8. The largest absolute Gasteiger partial charge is 0.474 e. The van der Waals surface area contributed by atoms with Crippen molar-refractivity contribution in [2.24, 2.45) is 11.8 Å². The summed E-state index contributed by atoms with van der Waals surface area (Å²) < 4.78 is 19.4. The van der Waals surface area contributed by atoms with Crippen molar-refractivity contribution in [1.82, 2.24) is 15.6 Å². The van der Waals surface area contributed by atoms with Crippen molar-refractivity contribution in [2.45, 2.75) is 18.4 Å². The molecule has 0 bridgehead atoms. The number of nitrogens with zero attached hydrogens (tertiary/aromatic N) is 1. The molecule has 0 radical (unpaired) electrons. The molecule has 3 aliphatic rings. The van der Waals surface area contributed by atoms with Gasteiger partial charge in [0.05, 0.1) is 11.1 Å². The van der Waals surface area contributed by atoms with Crippen LogP contribution in [0.5, 0.6) is 5.88 Å². The number of benzene rings is 1. The molecule has 2 saturated heterocycles. The van der Waals surface area contributed by atoms with Gasteiger partial charge in [-0.05, 0) is 42.8 Å². The third-order valence-electron chi connectivity index (χ3n) is 5.95. The summed E-state index contributed by atoms with van der Waals surface area (Å²) >= 11 is 0. The van der Waals surface area contributed by atoms with E-state index < -0.39 is 5.41 Å². The zero-order chi connectivity index (χ0) is 17.9. The molecular weight excluding hydrogens is 333 g/mol. The van der Waals surface area contributed by atoms with E-state index in [4.69, 9.17) is 4.74 Å². The molecule has 3 heterocycles. The Kier molecular flexibility index (Phi) is 3.34. The van der Waals surface area contributed by atoms with E-state index in [2.05, 4.69) is 15.6 Å². The van der Waals surface area contributed by atoms with Gasteiger partial charge >= 0.3 is 0 Å². The number of carbonyl (C=O) groups is 1. The summed E-state index contributed by atoms with van der Waals surface area (Å²) in [5, 5.41) is 6.16. The van der Waals surface area contributed by atoms with Gasteiger partial charge in [0.15, 0.2) is 0 Å². The van der Waals surface area contributed by atoms with Crippen molar-refractivity contribution in [1.29, 1.82) is 0 Å². The van der Waals surface area contributed by atoms with Gasteiger partial charge in [0.2, 0.25) is 11.8 Å². The number of aromatic nitrogens is 1. The van der Waals surface area contributed by atoms with Crippen LogP contribution < -0.4 is 15.4 Å². The number of carbonyl (C=O) groups excluding carboxylic acids is 1. The molecule has 5 nitrogen and oxygen atoms in total. The van der Waals surface area contributed by atoms with Gasteiger partial charge < -0.3 is 15.4 Å². The quantitative estimate of drug-likeness (QED) is 0.824. The average molecular weight is 353 g/mol. The maximum absolute atomic E-state index is 13.3. The van der Waals surface area contributed by atoms with E-state index in [1.165, 1.54) is 12.1 Å². The third kappa shape index (κ3) is 2.40. The predicted molar refractivity (Wildman–Crippen MR) is 94.3 cm³/mol. The molecule has 1 amide bonds. The number of hydrogen-bond donors (Lipinski definition) is 2. The Hall–Kier alpha value is -2.47. The monoisotopic (exact) mass is 353 g/mol. The maximum Gasteiger partial charge on any atom is 0.232 e. The van der Waals surface area contributed by atoms with Gasteiger partial charge in [-0.15, -0.1) is 0 Å². The first-order chi connectivity index (χ1) is 12.5. The molecule has 2 N–H and O–H groups in total. The van der Waals surface area contributed by atoms with E-state index in [9.17, 15) is 9.18 Å². The first-order valence-electron chi connectivity index (χ1n) is 8.99. The fourth-order valence-corrected chi connectivity index (χ4v) is 3.99. The summed E-state index contributed by atoms with van der Waals surface area (Å²) in [6.45, 7) is 4.49. The number of amides is 1. The molecule has 2 aromatic rings. The van der Waals surface area contributed by atoms with E-state index in [1.54, 1.807) is 12.1 Å². The van der Waals surface area contributed by atoms with Crippen LogP contribution in [-0.4, -0.2) is 36.6 Å². The van der Waals surface area contributed by atoms with Crippen LogP contribution in [0.1, 0.15) is 12.5 Å². The van der Waals surface area contributed by atoms with Crippen LogP contribution in [0.15, 0.2) is 36.4 Å². The molecular formula is C20H20FN3O2. The Balaban J connectivity index is 1.52. The molecule has 1 aromatic heterocycles. The zero-order valence-corrected chi connectivity index (χ0v) is 14.5. The van der Waals surface area contributed by atoms with Gasteiger partial charge in [-0.2, -0.15) is 0 Å². The number of halogens is 1. The first-order valence-corrected chi connectivity index (χ1v) is 8.99. The molecule has 3 fully saturated rings. The molecule has 1 unspecified atom stereocenters. The van der Waals surface area contributed by atoms with Crippen LogP contribution in [0.2, 0.25) is 0 Å². The summed E-state index contributed by atoms with van der Waals surface area (Å²) in [4.78, 5) is 16.8. The molecule has 1 aromatic carbocycles. The van der Waals surface area contributed by atoms with Crippen molar-refractivity contribution < 1.29 is 13.9 Å². The van der Waals surface area contributed by atoms with Crippen molar-refractivity contribution >= 4 is 5.91 Å². The second kappa shape index (κ2) is 5.51. The second-order valence-electron chi connectivity index (χ2n) is 7.67. The predicted octanol–water partition coefficient (Wildman–Crippen LogP) is 1.87. The fraction of sp³-hybridized carbons (Fsp3) is 0.400. The number of piperidine rings is 1. The van der Waals surface area contributed by atoms with E-state index in [0.29, 0.717) is 30.0 Å². The summed E-state index contributed by atoms with van der Waals surface area (Å²) in [5.41, 5.74) is 1.81. The Morgan fingerprint density at radius 2 is 1.92 bits per heavy atom. The van der Waals surface area contributed by atoms with Crippen molar-refractivity contribution in [3.63, 3.8) is 0 Å². The van der Waals surface area contributed by atoms with Crippen LogP contribution in [0.3, 0.4) is 0 Å². The van der Waals surface area contributed by atoms with Gasteiger partial charge in [-0.3, -0.25) is 4.79 Å². The van der Waals surface area contributed by atoms with E-state index in [-0.39, 0.29) is 17.8 Å². The van der Waals surface area contributed by atoms with Gasteiger partial charge in [-0.1, -0.05) is 0 Å². The lowest BCUT2D eigenvalue weighted by Crippen LogP contribution is -2.60. The van der Waals surface area contributed by atoms with Crippen molar-refractivity contribution in [3.05, 3.63) is 47.8 Å². The van der Waals surface area contributed by atoms with E-state index in [1.807, 2.05) is 19.1 Å². The van der Waals surface area contributed by atoms with Crippen LogP contribution in [0.4, 0.5) is 4.39 Å². The van der Waals surface area contributed by atoms with Crippen LogP contribution in [-0.2, 0) is 10.2 Å². The molecule has 5 rings (SSSR count). The van der Waals surface area contributed by atoms with Crippen LogP contribution >= 0.6 is 0 Å². The lowest BCUT2D eigenvalue weighted by Gasteiger charge is -2.38. The maximum atomic E-state index is 13.3. The smallest absolute Gasteiger partial charge is 0.232 e. The minimum atomic E-state index is -0.573. The second-order valence-corrected chi connectivity index (χ2v) is 7.67. The molecule has 0 spiro atoms. The Morgan fingerprint density at radius 1 is 1.19 bits per heavy atom.